The Morgan fingerprint density at radius 1 is 1.15 bits per heavy atom. The molecule has 0 bridgehead atoms. The van der Waals surface area contributed by atoms with Crippen molar-refractivity contribution in [3.63, 3.8) is 0 Å². The number of nitrogens with one attached hydrogen (secondary N) is 1. The number of nitrogens with zero attached hydrogens (tertiary/aromatic N) is 1. The first kappa shape index (κ1) is 17.3. The highest BCUT2D eigenvalue weighted by atomic mass is 16.3. The quantitative estimate of drug-likeness (QED) is 0.745. The van der Waals surface area contributed by atoms with Crippen LogP contribution in [0.4, 0.5) is 0 Å². The second-order valence-corrected chi connectivity index (χ2v) is 6.56. The largest absolute Gasteiger partial charge is 0.465 e. The first-order valence-electron chi connectivity index (χ1n) is 7.93. The van der Waals surface area contributed by atoms with Gasteiger partial charge < -0.3 is 9.73 Å². The van der Waals surface area contributed by atoms with Gasteiger partial charge in [0.15, 0.2) is 0 Å². The molecular weight excluding hydrogens is 248 g/mol. The number of aryl methyl sites for hydroxylation is 1. The maximum absolute atomic E-state index is 5.92. The lowest BCUT2D eigenvalue weighted by Crippen LogP contribution is -2.30. The van der Waals surface area contributed by atoms with Gasteiger partial charge in [-0.15, -0.1) is 0 Å². The summed E-state index contributed by atoms with van der Waals surface area (Å²) in [5.41, 5.74) is 1.29. The standard InChI is InChI=1S/C17H32N2O/c1-7-18-9-16-8-17(20-15(16)6)12-19(10-13(2)3)11-14(4)5/h8,13-14,18H,7,9-12H2,1-6H3. The van der Waals surface area contributed by atoms with Crippen molar-refractivity contribution >= 4 is 0 Å². The van der Waals surface area contributed by atoms with E-state index in [1.807, 2.05) is 0 Å². The van der Waals surface area contributed by atoms with Crippen molar-refractivity contribution < 1.29 is 4.42 Å². The number of furan rings is 1. The SMILES string of the molecule is CCNCc1cc(CN(CC(C)C)CC(C)C)oc1C. The average molecular weight is 280 g/mol. The summed E-state index contributed by atoms with van der Waals surface area (Å²) >= 11 is 0. The molecule has 1 N–H and O–H groups in total. The summed E-state index contributed by atoms with van der Waals surface area (Å²) in [5, 5.41) is 3.36. The summed E-state index contributed by atoms with van der Waals surface area (Å²) < 4.78 is 5.92. The van der Waals surface area contributed by atoms with Gasteiger partial charge in [0.1, 0.15) is 11.5 Å². The normalized spacial score (nSPS) is 12.1. The van der Waals surface area contributed by atoms with Crippen LogP contribution in [-0.2, 0) is 13.1 Å². The van der Waals surface area contributed by atoms with Crippen LogP contribution in [0.25, 0.3) is 0 Å². The second-order valence-electron chi connectivity index (χ2n) is 6.56. The van der Waals surface area contributed by atoms with E-state index in [1.165, 1.54) is 5.56 Å². The Balaban J connectivity index is 2.67. The van der Waals surface area contributed by atoms with Crippen LogP contribution in [0.5, 0.6) is 0 Å². The fourth-order valence-corrected chi connectivity index (χ4v) is 2.56. The summed E-state index contributed by atoms with van der Waals surface area (Å²) in [6.07, 6.45) is 0. The molecule has 1 heterocycles. The molecule has 0 aromatic carbocycles. The van der Waals surface area contributed by atoms with E-state index in [0.717, 1.165) is 44.2 Å². The molecule has 0 radical (unpaired) electrons. The summed E-state index contributed by atoms with van der Waals surface area (Å²) in [6.45, 7) is 18.4. The van der Waals surface area contributed by atoms with Crippen molar-refractivity contribution in [2.45, 2.75) is 54.6 Å². The molecular formula is C17H32N2O. The zero-order valence-electron chi connectivity index (χ0n) is 14.1. The fraction of sp³-hybridized carbons (Fsp3) is 0.765. The van der Waals surface area contributed by atoms with Crippen LogP contribution in [0.3, 0.4) is 0 Å². The predicted octanol–water partition coefficient (Wildman–Crippen LogP) is 3.81. The van der Waals surface area contributed by atoms with Gasteiger partial charge in [0, 0.05) is 25.2 Å². The van der Waals surface area contributed by atoms with E-state index in [0.29, 0.717) is 11.8 Å². The van der Waals surface area contributed by atoms with Gasteiger partial charge >= 0.3 is 0 Å². The van der Waals surface area contributed by atoms with Crippen molar-refractivity contribution in [2.75, 3.05) is 19.6 Å². The van der Waals surface area contributed by atoms with Crippen LogP contribution >= 0.6 is 0 Å². The van der Waals surface area contributed by atoms with Gasteiger partial charge in [0.2, 0.25) is 0 Å². The molecule has 1 aromatic heterocycles. The Bertz CT molecular complexity index is 372. The van der Waals surface area contributed by atoms with Crippen molar-refractivity contribution in [1.29, 1.82) is 0 Å². The molecule has 0 aliphatic rings. The van der Waals surface area contributed by atoms with E-state index in [9.17, 15) is 0 Å². The van der Waals surface area contributed by atoms with Gasteiger partial charge in [-0.05, 0) is 31.4 Å². The Morgan fingerprint density at radius 2 is 1.75 bits per heavy atom. The minimum absolute atomic E-state index is 0.686. The monoisotopic (exact) mass is 280 g/mol. The molecule has 0 spiro atoms. The van der Waals surface area contributed by atoms with Crippen molar-refractivity contribution in [3.8, 4) is 0 Å². The van der Waals surface area contributed by atoms with E-state index < -0.39 is 0 Å². The highest BCUT2D eigenvalue weighted by Crippen LogP contribution is 2.17. The van der Waals surface area contributed by atoms with Crippen molar-refractivity contribution in [2.24, 2.45) is 11.8 Å². The maximum atomic E-state index is 5.92. The lowest BCUT2D eigenvalue weighted by atomic mass is 10.1. The van der Waals surface area contributed by atoms with E-state index >= 15 is 0 Å². The molecule has 1 aromatic rings. The molecule has 0 unspecified atom stereocenters. The van der Waals surface area contributed by atoms with E-state index in [2.05, 4.69) is 57.8 Å². The van der Waals surface area contributed by atoms with Crippen LogP contribution in [0.1, 0.15) is 51.7 Å². The minimum Gasteiger partial charge on any atom is -0.465 e. The van der Waals surface area contributed by atoms with Crippen LogP contribution in [0.2, 0.25) is 0 Å². The van der Waals surface area contributed by atoms with Gasteiger partial charge in [-0.1, -0.05) is 34.6 Å². The first-order chi connectivity index (χ1) is 9.42. The molecule has 0 aliphatic carbocycles. The van der Waals surface area contributed by atoms with E-state index in [-0.39, 0.29) is 0 Å². The summed E-state index contributed by atoms with van der Waals surface area (Å²) in [6, 6.07) is 2.21. The Labute approximate surface area is 124 Å². The first-order valence-corrected chi connectivity index (χ1v) is 7.93. The number of rotatable bonds is 9. The Kier molecular flexibility index (Phi) is 7.31. The van der Waals surface area contributed by atoms with Crippen LogP contribution in [0.15, 0.2) is 10.5 Å². The maximum Gasteiger partial charge on any atom is 0.118 e. The highest BCUT2D eigenvalue weighted by Gasteiger charge is 2.14. The molecule has 20 heavy (non-hydrogen) atoms. The molecule has 116 valence electrons. The number of hydrogen-bond acceptors (Lipinski definition) is 3. The van der Waals surface area contributed by atoms with Crippen LogP contribution in [0, 0.1) is 18.8 Å². The molecule has 1 rings (SSSR count). The van der Waals surface area contributed by atoms with Gasteiger partial charge in [-0.2, -0.15) is 0 Å². The van der Waals surface area contributed by atoms with E-state index in [4.69, 9.17) is 4.42 Å². The van der Waals surface area contributed by atoms with Crippen molar-refractivity contribution in [1.82, 2.24) is 10.2 Å². The summed E-state index contributed by atoms with van der Waals surface area (Å²) in [7, 11) is 0. The summed E-state index contributed by atoms with van der Waals surface area (Å²) in [4.78, 5) is 2.50. The lowest BCUT2D eigenvalue weighted by molar-refractivity contribution is 0.196. The van der Waals surface area contributed by atoms with Gasteiger partial charge in [-0.3, -0.25) is 4.90 Å². The molecule has 0 atom stereocenters. The Morgan fingerprint density at radius 3 is 2.25 bits per heavy atom. The van der Waals surface area contributed by atoms with Gasteiger partial charge in [0.25, 0.3) is 0 Å². The van der Waals surface area contributed by atoms with Crippen LogP contribution < -0.4 is 5.32 Å². The minimum atomic E-state index is 0.686. The fourth-order valence-electron chi connectivity index (χ4n) is 2.56. The molecule has 3 nitrogen and oxygen atoms in total. The molecule has 3 heteroatoms. The Hall–Kier alpha value is -0.800. The molecule has 0 aliphatic heterocycles. The zero-order valence-corrected chi connectivity index (χ0v) is 14.1. The van der Waals surface area contributed by atoms with Crippen LogP contribution in [-0.4, -0.2) is 24.5 Å². The number of hydrogen-bond donors (Lipinski definition) is 1. The molecule has 0 amide bonds. The highest BCUT2D eigenvalue weighted by molar-refractivity contribution is 5.20. The third-order valence-corrected chi connectivity index (χ3v) is 3.26. The molecule has 0 saturated heterocycles. The predicted molar refractivity (Wildman–Crippen MR) is 85.8 cm³/mol. The third kappa shape index (κ3) is 6.10. The average Bonchev–Trinajstić information content (AvgIpc) is 2.65. The third-order valence-electron chi connectivity index (χ3n) is 3.26. The zero-order chi connectivity index (χ0) is 15.1. The van der Waals surface area contributed by atoms with Crippen molar-refractivity contribution in [3.05, 3.63) is 23.2 Å². The lowest BCUT2D eigenvalue weighted by Gasteiger charge is -2.25. The van der Waals surface area contributed by atoms with Gasteiger partial charge in [-0.25, -0.2) is 0 Å². The smallest absolute Gasteiger partial charge is 0.118 e. The summed E-state index contributed by atoms with van der Waals surface area (Å²) in [5.74, 6) is 3.52. The molecule has 0 fully saturated rings. The topological polar surface area (TPSA) is 28.4 Å². The molecule has 0 saturated carbocycles. The van der Waals surface area contributed by atoms with Gasteiger partial charge in [0.05, 0.1) is 6.54 Å². The second kappa shape index (κ2) is 8.48. The van der Waals surface area contributed by atoms with E-state index in [1.54, 1.807) is 0 Å².